The molecule has 0 saturated carbocycles. The average molecular weight is 351 g/mol. The summed E-state index contributed by atoms with van der Waals surface area (Å²) in [4.78, 5) is 26.6. The third-order valence-electron chi connectivity index (χ3n) is 4.45. The fourth-order valence-corrected chi connectivity index (χ4v) is 5.07. The molecular formula is C16H21N3O4S. The number of sulfone groups is 1. The number of aromatic amines is 1. The molecule has 1 aliphatic rings. The number of aromatic nitrogens is 2. The zero-order valence-corrected chi connectivity index (χ0v) is 14.1. The second-order valence-electron chi connectivity index (χ2n) is 6.26. The van der Waals surface area contributed by atoms with E-state index in [-0.39, 0.29) is 29.0 Å². The molecule has 2 heterocycles. The summed E-state index contributed by atoms with van der Waals surface area (Å²) in [5.74, 6) is 0.428. The van der Waals surface area contributed by atoms with Crippen LogP contribution in [0.15, 0.2) is 29.1 Å². The van der Waals surface area contributed by atoms with Crippen LogP contribution in [0.2, 0.25) is 0 Å². The Morgan fingerprint density at radius 1 is 1.33 bits per heavy atom. The number of hydrogen-bond acceptors (Lipinski definition) is 4. The molecule has 3 rings (SSSR count). The second kappa shape index (κ2) is 6.80. The molecule has 1 aromatic carbocycles. The monoisotopic (exact) mass is 351 g/mol. The van der Waals surface area contributed by atoms with Gasteiger partial charge >= 0.3 is 5.69 Å². The molecule has 1 aliphatic heterocycles. The zero-order valence-electron chi connectivity index (χ0n) is 13.3. The lowest BCUT2D eigenvalue weighted by molar-refractivity contribution is -0.121. The van der Waals surface area contributed by atoms with Gasteiger partial charge in [0.25, 0.3) is 0 Å². The summed E-state index contributed by atoms with van der Waals surface area (Å²) in [5, 5.41) is 2.80. The molecule has 0 bridgehead atoms. The molecule has 0 aliphatic carbocycles. The molecule has 0 radical (unpaired) electrons. The molecule has 1 amide bonds. The van der Waals surface area contributed by atoms with E-state index in [0.29, 0.717) is 32.4 Å². The van der Waals surface area contributed by atoms with Gasteiger partial charge in [-0.05, 0) is 30.9 Å². The van der Waals surface area contributed by atoms with Crippen molar-refractivity contribution in [2.45, 2.75) is 25.8 Å². The fraction of sp³-hybridized carbons (Fsp3) is 0.500. The first kappa shape index (κ1) is 16.8. The maximum atomic E-state index is 11.9. The Balaban J connectivity index is 1.47. The van der Waals surface area contributed by atoms with E-state index in [2.05, 4.69) is 10.3 Å². The predicted molar refractivity (Wildman–Crippen MR) is 91.6 cm³/mol. The first-order chi connectivity index (χ1) is 11.4. The normalized spacial score (nSPS) is 19.6. The molecule has 2 N–H and O–H groups in total. The topological polar surface area (TPSA) is 101 Å². The van der Waals surface area contributed by atoms with Gasteiger partial charge in [-0.3, -0.25) is 9.36 Å². The summed E-state index contributed by atoms with van der Waals surface area (Å²) in [6.45, 7) is 0.760. The molecule has 7 nitrogen and oxygen atoms in total. The van der Waals surface area contributed by atoms with E-state index in [1.165, 1.54) is 0 Å². The minimum Gasteiger partial charge on any atom is -0.354 e. The van der Waals surface area contributed by atoms with Crippen molar-refractivity contribution < 1.29 is 13.2 Å². The summed E-state index contributed by atoms with van der Waals surface area (Å²) < 4.78 is 24.4. The number of amides is 1. The molecule has 1 saturated heterocycles. The van der Waals surface area contributed by atoms with Gasteiger partial charge in [-0.1, -0.05) is 12.1 Å². The molecule has 1 unspecified atom stereocenters. The van der Waals surface area contributed by atoms with E-state index in [0.717, 1.165) is 11.0 Å². The first-order valence-corrected chi connectivity index (χ1v) is 9.91. The van der Waals surface area contributed by atoms with Gasteiger partial charge in [0.15, 0.2) is 9.84 Å². The van der Waals surface area contributed by atoms with Crippen LogP contribution in [-0.2, 0) is 21.2 Å². The van der Waals surface area contributed by atoms with Gasteiger partial charge in [-0.2, -0.15) is 0 Å². The lowest BCUT2D eigenvalue weighted by atomic mass is 10.0. The smallest absolute Gasteiger partial charge is 0.326 e. The second-order valence-corrected chi connectivity index (χ2v) is 8.49. The van der Waals surface area contributed by atoms with Gasteiger partial charge in [-0.15, -0.1) is 0 Å². The fourth-order valence-electron chi connectivity index (χ4n) is 3.16. The number of nitrogens with one attached hydrogen (secondary N) is 2. The molecule has 8 heteroatoms. The van der Waals surface area contributed by atoms with Crippen LogP contribution in [-0.4, -0.2) is 41.9 Å². The summed E-state index contributed by atoms with van der Waals surface area (Å²) in [6.07, 6.45) is 1.57. The number of H-pyrrole nitrogens is 1. The van der Waals surface area contributed by atoms with E-state index >= 15 is 0 Å². The van der Waals surface area contributed by atoms with Crippen LogP contribution >= 0.6 is 0 Å². The highest BCUT2D eigenvalue weighted by Gasteiger charge is 2.27. The Kier molecular flexibility index (Phi) is 4.75. The van der Waals surface area contributed by atoms with Crippen molar-refractivity contribution >= 4 is 26.8 Å². The van der Waals surface area contributed by atoms with Crippen LogP contribution < -0.4 is 11.0 Å². The summed E-state index contributed by atoms with van der Waals surface area (Å²) in [6, 6.07) is 7.41. The SMILES string of the molecule is O=C(CCC1CCS(=O)(=O)C1)NCCn1c(=O)[nH]c2ccccc21. The van der Waals surface area contributed by atoms with Crippen molar-refractivity contribution in [1.29, 1.82) is 0 Å². The van der Waals surface area contributed by atoms with E-state index in [9.17, 15) is 18.0 Å². The lowest BCUT2D eigenvalue weighted by Crippen LogP contribution is -2.30. The lowest BCUT2D eigenvalue weighted by Gasteiger charge is -2.09. The number of hydrogen-bond donors (Lipinski definition) is 2. The van der Waals surface area contributed by atoms with Crippen molar-refractivity contribution in [2.75, 3.05) is 18.1 Å². The number of nitrogens with zero attached hydrogens (tertiary/aromatic N) is 1. The first-order valence-electron chi connectivity index (χ1n) is 8.09. The number of fused-ring (bicyclic) bond motifs is 1. The highest BCUT2D eigenvalue weighted by atomic mass is 32.2. The summed E-state index contributed by atoms with van der Waals surface area (Å²) in [5.41, 5.74) is 1.39. The van der Waals surface area contributed by atoms with Gasteiger partial charge in [0.2, 0.25) is 5.91 Å². The molecule has 0 spiro atoms. The average Bonchev–Trinajstić information content (AvgIpc) is 3.05. The molecule has 130 valence electrons. The number of benzene rings is 1. The number of imidazole rings is 1. The number of rotatable bonds is 6. The Labute approximate surface area is 140 Å². The Morgan fingerprint density at radius 2 is 2.12 bits per heavy atom. The third kappa shape index (κ3) is 3.87. The van der Waals surface area contributed by atoms with Crippen LogP contribution in [0.3, 0.4) is 0 Å². The maximum Gasteiger partial charge on any atom is 0.326 e. The van der Waals surface area contributed by atoms with Crippen molar-refractivity contribution in [3.8, 4) is 0 Å². The highest BCUT2D eigenvalue weighted by Crippen LogP contribution is 2.22. The van der Waals surface area contributed by atoms with Gasteiger partial charge < -0.3 is 10.3 Å². The largest absolute Gasteiger partial charge is 0.354 e. The zero-order chi connectivity index (χ0) is 17.2. The minimum atomic E-state index is -2.89. The van der Waals surface area contributed by atoms with Crippen LogP contribution in [0.1, 0.15) is 19.3 Å². The van der Waals surface area contributed by atoms with Crippen molar-refractivity contribution in [2.24, 2.45) is 5.92 Å². The van der Waals surface area contributed by atoms with Crippen LogP contribution in [0.5, 0.6) is 0 Å². The van der Waals surface area contributed by atoms with Gasteiger partial charge in [0.1, 0.15) is 0 Å². The molecule has 24 heavy (non-hydrogen) atoms. The van der Waals surface area contributed by atoms with Gasteiger partial charge in [0.05, 0.1) is 22.5 Å². The van der Waals surface area contributed by atoms with E-state index in [1.807, 2.05) is 24.3 Å². The minimum absolute atomic E-state index is 0.0944. The van der Waals surface area contributed by atoms with E-state index < -0.39 is 9.84 Å². The summed E-state index contributed by atoms with van der Waals surface area (Å²) in [7, 11) is -2.89. The Bertz CT molecular complexity index is 897. The van der Waals surface area contributed by atoms with E-state index in [4.69, 9.17) is 0 Å². The van der Waals surface area contributed by atoms with Crippen LogP contribution in [0.4, 0.5) is 0 Å². The van der Waals surface area contributed by atoms with Crippen molar-refractivity contribution in [3.05, 3.63) is 34.7 Å². The molecule has 1 fully saturated rings. The van der Waals surface area contributed by atoms with Crippen LogP contribution in [0.25, 0.3) is 11.0 Å². The van der Waals surface area contributed by atoms with Gasteiger partial charge in [-0.25, -0.2) is 13.2 Å². The number of carbonyl (C=O) groups excluding carboxylic acids is 1. The summed E-state index contributed by atoms with van der Waals surface area (Å²) >= 11 is 0. The Hall–Kier alpha value is -2.09. The number of para-hydroxylation sites is 2. The highest BCUT2D eigenvalue weighted by molar-refractivity contribution is 7.91. The molecular weight excluding hydrogens is 330 g/mol. The standard InChI is InChI=1S/C16H21N3O4S/c20-15(6-5-12-7-10-24(22,23)11-12)17-8-9-19-14-4-2-1-3-13(14)18-16(19)21/h1-4,12H,5-11H2,(H,17,20)(H,18,21). The molecule has 2 aromatic rings. The van der Waals surface area contributed by atoms with Crippen molar-refractivity contribution in [1.82, 2.24) is 14.9 Å². The third-order valence-corrected chi connectivity index (χ3v) is 6.28. The Morgan fingerprint density at radius 3 is 2.88 bits per heavy atom. The molecule has 1 aromatic heterocycles. The van der Waals surface area contributed by atoms with Crippen molar-refractivity contribution in [3.63, 3.8) is 0 Å². The predicted octanol–water partition coefficient (Wildman–Crippen LogP) is 0.661. The van der Waals surface area contributed by atoms with Gasteiger partial charge in [0, 0.05) is 19.5 Å². The van der Waals surface area contributed by atoms with E-state index in [1.54, 1.807) is 4.57 Å². The maximum absolute atomic E-state index is 11.9. The molecule has 1 atom stereocenters. The quantitative estimate of drug-likeness (QED) is 0.798. The van der Waals surface area contributed by atoms with Crippen LogP contribution in [0, 0.1) is 5.92 Å². The number of carbonyl (C=O) groups is 1.